The zero-order valence-electron chi connectivity index (χ0n) is 16.5. The van der Waals surface area contributed by atoms with Crippen molar-refractivity contribution < 1.29 is 14.3 Å². The standard InChI is InChI=1S/C25H23NO3/c1-28-21-15-12-20(13-16-21)24(25(27)29-2)26-22-11-7-6-10-19(22)14-17-23(26)18-8-4-3-5-9-18/h3-17,23-24H,1-2H3/t23-,24?/m1/s1. The summed E-state index contributed by atoms with van der Waals surface area (Å²) < 4.78 is 10.5. The highest BCUT2D eigenvalue weighted by Gasteiger charge is 2.36. The first-order chi connectivity index (χ1) is 14.2. The van der Waals surface area contributed by atoms with E-state index in [1.807, 2.05) is 60.7 Å². The molecule has 0 bridgehead atoms. The first-order valence-corrected chi connectivity index (χ1v) is 9.55. The SMILES string of the molecule is COC(=O)C(c1ccc(OC)cc1)N1c2ccccc2C=C[C@@H]1c1ccccc1. The van der Waals surface area contributed by atoms with Crippen molar-refractivity contribution in [2.45, 2.75) is 12.1 Å². The largest absolute Gasteiger partial charge is 0.497 e. The molecule has 0 spiro atoms. The molecule has 1 aliphatic rings. The molecule has 3 aromatic rings. The van der Waals surface area contributed by atoms with Gasteiger partial charge in [0.25, 0.3) is 0 Å². The van der Waals surface area contributed by atoms with Gasteiger partial charge in [-0.2, -0.15) is 0 Å². The van der Waals surface area contributed by atoms with Gasteiger partial charge >= 0.3 is 5.97 Å². The number of para-hydroxylation sites is 1. The maximum Gasteiger partial charge on any atom is 0.333 e. The second kappa shape index (κ2) is 8.23. The van der Waals surface area contributed by atoms with Gasteiger partial charge in [-0.1, -0.05) is 72.8 Å². The number of carbonyl (C=O) groups excluding carboxylic acids is 1. The summed E-state index contributed by atoms with van der Waals surface area (Å²) in [4.78, 5) is 15.2. The number of methoxy groups -OCH3 is 2. The Hall–Kier alpha value is -3.53. The first kappa shape index (κ1) is 18.8. The molecule has 1 aliphatic heterocycles. The van der Waals surface area contributed by atoms with E-state index in [1.54, 1.807) is 7.11 Å². The molecule has 1 heterocycles. The maximum absolute atomic E-state index is 13.0. The first-order valence-electron chi connectivity index (χ1n) is 9.55. The van der Waals surface area contributed by atoms with Crippen LogP contribution in [0.25, 0.3) is 6.08 Å². The molecule has 29 heavy (non-hydrogen) atoms. The van der Waals surface area contributed by atoms with E-state index in [2.05, 4.69) is 35.3 Å². The number of carbonyl (C=O) groups is 1. The Balaban J connectivity index is 1.88. The summed E-state index contributed by atoms with van der Waals surface area (Å²) in [5.41, 5.74) is 4.03. The van der Waals surface area contributed by atoms with E-state index in [9.17, 15) is 4.79 Å². The molecule has 0 N–H and O–H groups in total. The number of hydrogen-bond donors (Lipinski definition) is 0. The van der Waals surface area contributed by atoms with Crippen molar-refractivity contribution in [3.63, 3.8) is 0 Å². The minimum Gasteiger partial charge on any atom is -0.497 e. The lowest BCUT2D eigenvalue weighted by molar-refractivity contribution is -0.142. The molecule has 4 heteroatoms. The van der Waals surface area contributed by atoms with Crippen LogP contribution in [0.4, 0.5) is 5.69 Å². The van der Waals surface area contributed by atoms with Gasteiger partial charge in [0.05, 0.1) is 20.3 Å². The van der Waals surface area contributed by atoms with Crippen LogP contribution in [0.2, 0.25) is 0 Å². The van der Waals surface area contributed by atoms with Crippen molar-refractivity contribution in [3.8, 4) is 5.75 Å². The van der Waals surface area contributed by atoms with E-state index < -0.39 is 6.04 Å². The number of benzene rings is 3. The summed E-state index contributed by atoms with van der Waals surface area (Å²) >= 11 is 0. The fraction of sp³-hybridized carbons (Fsp3) is 0.160. The highest BCUT2D eigenvalue weighted by molar-refractivity contribution is 5.85. The van der Waals surface area contributed by atoms with Crippen LogP contribution in [0, 0.1) is 0 Å². The van der Waals surface area contributed by atoms with E-state index in [1.165, 1.54) is 7.11 Å². The van der Waals surface area contributed by atoms with E-state index in [-0.39, 0.29) is 12.0 Å². The van der Waals surface area contributed by atoms with Gasteiger partial charge in [-0.05, 0) is 34.9 Å². The van der Waals surface area contributed by atoms with Crippen LogP contribution in [-0.2, 0) is 9.53 Å². The number of anilines is 1. The molecule has 3 aromatic carbocycles. The van der Waals surface area contributed by atoms with Crippen molar-refractivity contribution in [3.05, 3.63) is 102 Å². The third-order valence-electron chi connectivity index (χ3n) is 5.25. The Morgan fingerprint density at radius 3 is 2.28 bits per heavy atom. The Morgan fingerprint density at radius 2 is 1.59 bits per heavy atom. The van der Waals surface area contributed by atoms with Gasteiger partial charge in [0.2, 0.25) is 0 Å². The molecule has 0 amide bonds. The van der Waals surface area contributed by atoms with Gasteiger partial charge in [-0.25, -0.2) is 4.79 Å². The van der Waals surface area contributed by atoms with E-state index in [0.717, 1.165) is 28.1 Å². The molecular formula is C25H23NO3. The molecule has 0 saturated heterocycles. The lowest BCUT2D eigenvalue weighted by Crippen LogP contribution is -2.39. The van der Waals surface area contributed by atoms with Crippen molar-refractivity contribution in [1.29, 1.82) is 0 Å². The van der Waals surface area contributed by atoms with Gasteiger partial charge < -0.3 is 14.4 Å². The monoisotopic (exact) mass is 385 g/mol. The highest BCUT2D eigenvalue weighted by atomic mass is 16.5. The van der Waals surface area contributed by atoms with Crippen molar-refractivity contribution in [2.75, 3.05) is 19.1 Å². The molecule has 4 rings (SSSR count). The number of rotatable bonds is 5. The van der Waals surface area contributed by atoms with Crippen LogP contribution in [0.3, 0.4) is 0 Å². The molecule has 4 nitrogen and oxygen atoms in total. The van der Waals surface area contributed by atoms with Crippen LogP contribution in [0.1, 0.15) is 28.8 Å². The third kappa shape index (κ3) is 3.61. The number of hydrogen-bond acceptors (Lipinski definition) is 4. The predicted molar refractivity (Wildman–Crippen MR) is 115 cm³/mol. The lowest BCUT2D eigenvalue weighted by atomic mass is 9.93. The number of fused-ring (bicyclic) bond motifs is 1. The van der Waals surface area contributed by atoms with Gasteiger partial charge in [-0.3, -0.25) is 0 Å². The zero-order chi connectivity index (χ0) is 20.2. The van der Waals surface area contributed by atoms with Crippen molar-refractivity contribution >= 4 is 17.7 Å². The van der Waals surface area contributed by atoms with Crippen LogP contribution < -0.4 is 9.64 Å². The Morgan fingerprint density at radius 1 is 0.897 bits per heavy atom. The highest BCUT2D eigenvalue weighted by Crippen LogP contribution is 2.42. The molecule has 146 valence electrons. The average Bonchev–Trinajstić information content (AvgIpc) is 2.80. The van der Waals surface area contributed by atoms with E-state index >= 15 is 0 Å². The molecule has 0 aromatic heterocycles. The molecule has 0 aliphatic carbocycles. The van der Waals surface area contributed by atoms with E-state index in [0.29, 0.717) is 0 Å². The number of nitrogens with zero attached hydrogens (tertiary/aromatic N) is 1. The van der Waals surface area contributed by atoms with E-state index in [4.69, 9.17) is 9.47 Å². The Labute approximate surface area is 171 Å². The molecule has 0 saturated carbocycles. The molecule has 1 unspecified atom stereocenters. The fourth-order valence-corrected chi connectivity index (χ4v) is 3.83. The second-order valence-corrected chi connectivity index (χ2v) is 6.88. The van der Waals surface area contributed by atoms with Crippen molar-refractivity contribution in [2.24, 2.45) is 0 Å². The number of ether oxygens (including phenoxy) is 2. The fourth-order valence-electron chi connectivity index (χ4n) is 3.83. The summed E-state index contributed by atoms with van der Waals surface area (Å²) in [6.07, 6.45) is 4.25. The number of esters is 1. The maximum atomic E-state index is 13.0. The molecule has 0 radical (unpaired) electrons. The second-order valence-electron chi connectivity index (χ2n) is 6.88. The van der Waals surface area contributed by atoms with Crippen LogP contribution in [0.5, 0.6) is 5.75 Å². The summed E-state index contributed by atoms with van der Waals surface area (Å²) in [7, 11) is 3.06. The van der Waals surface area contributed by atoms with Crippen LogP contribution in [-0.4, -0.2) is 20.2 Å². The summed E-state index contributed by atoms with van der Waals surface area (Å²) in [6, 6.07) is 25.2. The minimum absolute atomic E-state index is 0.0997. The lowest BCUT2D eigenvalue weighted by Gasteiger charge is -2.40. The molecule has 0 fully saturated rings. The summed E-state index contributed by atoms with van der Waals surface area (Å²) in [5.74, 6) is 0.442. The molecule has 2 atom stereocenters. The topological polar surface area (TPSA) is 38.8 Å². The van der Waals surface area contributed by atoms with Gasteiger partial charge in [0.1, 0.15) is 5.75 Å². The summed E-state index contributed by atoms with van der Waals surface area (Å²) in [6.45, 7) is 0. The average molecular weight is 385 g/mol. The Bertz CT molecular complexity index is 1010. The quantitative estimate of drug-likeness (QED) is 0.567. The zero-order valence-corrected chi connectivity index (χ0v) is 16.5. The van der Waals surface area contributed by atoms with Gasteiger partial charge in [0.15, 0.2) is 6.04 Å². The van der Waals surface area contributed by atoms with Crippen LogP contribution >= 0.6 is 0 Å². The predicted octanol–water partition coefficient (Wildman–Crippen LogP) is 5.18. The Kier molecular flexibility index (Phi) is 5.34. The van der Waals surface area contributed by atoms with Crippen LogP contribution in [0.15, 0.2) is 84.9 Å². The normalized spacial score (nSPS) is 16.1. The third-order valence-corrected chi connectivity index (χ3v) is 5.25. The summed E-state index contributed by atoms with van der Waals surface area (Å²) in [5, 5.41) is 0. The minimum atomic E-state index is -0.595. The smallest absolute Gasteiger partial charge is 0.333 e. The molecular weight excluding hydrogens is 362 g/mol. The van der Waals surface area contributed by atoms with Gasteiger partial charge in [0, 0.05) is 5.69 Å². The van der Waals surface area contributed by atoms with Crippen molar-refractivity contribution in [1.82, 2.24) is 0 Å². The van der Waals surface area contributed by atoms with Gasteiger partial charge in [-0.15, -0.1) is 0 Å².